The third-order valence-corrected chi connectivity index (χ3v) is 6.45. The summed E-state index contributed by atoms with van der Waals surface area (Å²) in [6.07, 6.45) is 1.57. The lowest BCUT2D eigenvalue weighted by atomic mass is 10.1. The van der Waals surface area contributed by atoms with Crippen LogP contribution in [0.4, 0.5) is 5.69 Å². The van der Waals surface area contributed by atoms with Gasteiger partial charge in [-0.05, 0) is 106 Å². The molecule has 0 saturated heterocycles. The van der Waals surface area contributed by atoms with Gasteiger partial charge in [-0.25, -0.2) is 0 Å². The van der Waals surface area contributed by atoms with Crippen LogP contribution in [0.2, 0.25) is 5.02 Å². The van der Waals surface area contributed by atoms with Gasteiger partial charge in [-0.2, -0.15) is 5.26 Å². The Morgan fingerprint density at radius 2 is 1.84 bits per heavy atom. The maximum absolute atomic E-state index is 12.7. The minimum Gasteiger partial charge on any atom is -0.487 e. The van der Waals surface area contributed by atoms with Crippen LogP contribution in [0.1, 0.15) is 22.3 Å². The Morgan fingerprint density at radius 1 is 1.12 bits per heavy atom. The Hall–Kier alpha value is -2.09. The van der Waals surface area contributed by atoms with E-state index in [9.17, 15) is 10.1 Å². The smallest absolute Gasteiger partial charge is 0.266 e. The summed E-state index contributed by atoms with van der Waals surface area (Å²) in [5.41, 5.74) is 4.47. The van der Waals surface area contributed by atoms with E-state index in [1.54, 1.807) is 18.2 Å². The molecule has 0 fully saturated rings. The number of hydrogen-bond acceptors (Lipinski definition) is 3. The van der Waals surface area contributed by atoms with Crippen molar-refractivity contribution < 1.29 is 9.53 Å². The maximum atomic E-state index is 12.7. The summed E-state index contributed by atoms with van der Waals surface area (Å²) in [6.45, 7) is 4.38. The van der Waals surface area contributed by atoms with E-state index in [0.29, 0.717) is 17.3 Å². The van der Waals surface area contributed by atoms with Crippen molar-refractivity contribution >= 4 is 74.5 Å². The molecule has 3 rings (SSSR count). The van der Waals surface area contributed by atoms with E-state index in [2.05, 4.69) is 69.6 Å². The molecule has 0 saturated carbocycles. The Morgan fingerprint density at radius 3 is 2.50 bits per heavy atom. The largest absolute Gasteiger partial charge is 0.487 e. The van der Waals surface area contributed by atoms with E-state index in [-0.39, 0.29) is 5.57 Å². The first kappa shape index (κ1) is 24.6. The minimum absolute atomic E-state index is 0.00408. The second-order valence-electron chi connectivity index (χ2n) is 7.17. The van der Waals surface area contributed by atoms with Crippen LogP contribution in [0, 0.1) is 32.3 Å². The average Bonchev–Trinajstić information content (AvgIpc) is 2.74. The highest BCUT2D eigenvalue weighted by molar-refractivity contribution is 14.1. The van der Waals surface area contributed by atoms with Crippen molar-refractivity contribution in [3.63, 3.8) is 0 Å². The molecule has 1 amide bonds. The number of aryl methyl sites for hydroxylation is 2. The second kappa shape index (κ2) is 11.2. The molecule has 1 N–H and O–H groups in total. The third kappa shape index (κ3) is 6.47. The van der Waals surface area contributed by atoms with Gasteiger partial charge in [0.1, 0.15) is 24.0 Å². The van der Waals surface area contributed by atoms with Gasteiger partial charge in [0.25, 0.3) is 5.91 Å². The maximum Gasteiger partial charge on any atom is 0.266 e. The van der Waals surface area contributed by atoms with Crippen LogP contribution in [0.15, 0.2) is 60.2 Å². The molecule has 32 heavy (non-hydrogen) atoms. The molecule has 3 aromatic rings. The van der Waals surface area contributed by atoms with E-state index >= 15 is 0 Å². The minimum atomic E-state index is -0.484. The number of benzene rings is 3. The van der Waals surface area contributed by atoms with E-state index in [0.717, 1.165) is 29.6 Å². The number of carbonyl (C=O) groups excluding carboxylic acids is 1. The molecule has 0 aliphatic rings. The first-order valence-electron chi connectivity index (χ1n) is 9.63. The number of hydrogen-bond donors (Lipinski definition) is 1. The predicted octanol–water partition coefficient (Wildman–Crippen LogP) is 7.29. The number of rotatable bonds is 6. The molecule has 162 valence electrons. The van der Waals surface area contributed by atoms with Crippen molar-refractivity contribution in [1.82, 2.24) is 0 Å². The Balaban J connectivity index is 1.79. The van der Waals surface area contributed by atoms with Crippen molar-refractivity contribution in [2.45, 2.75) is 20.5 Å². The quantitative estimate of drug-likeness (QED) is 0.171. The van der Waals surface area contributed by atoms with Crippen LogP contribution in [0.3, 0.4) is 0 Å². The highest BCUT2D eigenvalue weighted by atomic mass is 127. The average molecular weight is 669 g/mol. The molecule has 0 atom stereocenters. The Bertz CT molecular complexity index is 1230. The van der Waals surface area contributed by atoms with Gasteiger partial charge in [0, 0.05) is 10.7 Å². The molecule has 0 aliphatic heterocycles. The first-order chi connectivity index (χ1) is 15.3. The molecule has 0 radical (unpaired) electrons. The van der Waals surface area contributed by atoms with E-state index in [1.165, 1.54) is 5.56 Å². The van der Waals surface area contributed by atoms with Gasteiger partial charge in [-0.15, -0.1) is 0 Å². The monoisotopic (exact) mass is 668 g/mol. The van der Waals surface area contributed by atoms with Crippen LogP contribution < -0.4 is 10.1 Å². The van der Waals surface area contributed by atoms with Crippen molar-refractivity contribution in [2.75, 3.05) is 5.32 Å². The first-order valence-corrected chi connectivity index (χ1v) is 12.2. The molecular weight excluding hydrogens is 650 g/mol. The van der Waals surface area contributed by atoms with Gasteiger partial charge in [-0.1, -0.05) is 47.5 Å². The number of ether oxygens (including phenoxy) is 1. The van der Waals surface area contributed by atoms with Crippen molar-refractivity contribution in [3.05, 3.63) is 94.6 Å². The third-order valence-electron chi connectivity index (χ3n) is 4.61. The fraction of sp³-hybridized carbons (Fsp3) is 0.120. The lowest BCUT2D eigenvalue weighted by Crippen LogP contribution is -2.14. The van der Waals surface area contributed by atoms with Crippen LogP contribution in [0.5, 0.6) is 5.75 Å². The predicted molar refractivity (Wildman–Crippen MR) is 146 cm³/mol. The molecule has 3 aromatic carbocycles. The van der Waals surface area contributed by atoms with Gasteiger partial charge >= 0.3 is 0 Å². The Labute approximate surface area is 219 Å². The standard InChI is InChI=1S/C25H19ClI2N2O2/c1-15-4-3-5-17(8-15)14-32-24-21(27)10-18(11-22(24)28)9-19(13-29)25(31)30-23-12-20(26)7-6-16(23)2/h3-12H,14H2,1-2H3,(H,30,31)/b19-9+. The summed E-state index contributed by atoms with van der Waals surface area (Å²) in [7, 11) is 0. The number of nitrogens with zero attached hydrogens (tertiary/aromatic N) is 1. The molecule has 0 heterocycles. The van der Waals surface area contributed by atoms with Gasteiger partial charge in [0.05, 0.1) is 7.14 Å². The summed E-state index contributed by atoms with van der Waals surface area (Å²) >= 11 is 10.4. The molecule has 0 bridgehead atoms. The molecule has 7 heteroatoms. The highest BCUT2D eigenvalue weighted by Gasteiger charge is 2.14. The van der Waals surface area contributed by atoms with Crippen LogP contribution >= 0.6 is 56.8 Å². The summed E-state index contributed by atoms with van der Waals surface area (Å²) in [5.74, 6) is 0.296. The van der Waals surface area contributed by atoms with Crippen molar-refractivity contribution in [2.24, 2.45) is 0 Å². The molecular formula is C25H19ClI2N2O2. The van der Waals surface area contributed by atoms with Crippen LogP contribution in [0.25, 0.3) is 6.08 Å². The molecule has 0 unspecified atom stereocenters. The fourth-order valence-electron chi connectivity index (χ4n) is 2.99. The zero-order chi connectivity index (χ0) is 23.3. The normalized spacial score (nSPS) is 11.1. The molecule has 4 nitrogen and oxygen atoms in total. The van der Waals surface area contributed by atoms with Gasteiger partial charge in [0.2, 0.25) is 0 Å². The summed E-state index contributed by atoms with van der Waals surface area (Å²) < 4.78 is 7.85. The second-order valence-corrected chi connectivity index (χ2v) is 9.94. The topological polar surface area (TPSA) is 62.1 Å². The van der Waals surface area contributed by atoms with Crippen LogP contribution in [-0.4, -0.2) is 5.91 Å². The number of amides is 1. The van der Waals surface area contributed by atoms with E-state index in [1.807, 2.05) is 43.3 Å². The van der Waals surface area contributed by atoms with Gasteiger partial charge in [-0.3, -0.25) is 4.79 Å². The summed E-state index contributed by atoms with van der Waals surface area (Å²) in [6, 6.07) is 19.2. The number of anilines is 1. The van der Waals surface area contributed by atoms with E-state index < -0.39 is 5.91 Å². The van der Waals surface area contributed by atoms with Crippen molar-refractivity contribution in [1.29, 1.82) is 5.26 Å². The number of nitriles is 1. The summed E-state index contributed by atoms with van der Waals surface area (Å²) in [4.78, 5) is 12.7. The SMILES string of the molecule is Cc1cccc(COc2c(I)cc(/C=C(\C#N)C(=O)Nc3cc(Cl)ccc3C)cc2I)c1. The van der Waals surface area contributed by atoms with E-state index in [4.69, 9.17) is 16.3 Å². The van der Waals surface area contributed by atoms with Gasteiger partial charge < -0.3 is 10.1 Å². The number of carbonyl (C=O) groups is 1. The fourth-order valence-corrected chi connectivity index (χ4v) is 5.29. The Kier molecular flexibility index (Phi) is 8.57. The summed E-state index contributed by atoms with van der Waals surface area (Å²) in [5, 5.41) is 12.8. The lowest BCUT2D eigenvalue weighted by molar-refractivity contribution is -0.112. The highest BCUT2D eigenvalue weighted by Crippen LogP contribution is 2.31. The molecule has 0 spiro atoms. The molecule has 0 aromatic heterocycles. The lowest BCUT2D eigenvalue weighted by Gasteiger charge is -2.12. The number of halogens is 3. The molecule has 0 aliphatic carbocycles. The number of nitrogens with one attached hydrogen (secondary N) is 1. The van der Waals surface area contributed by atoms with Gasteiger partial charge in [0.15, 0.2) is 0 Å². The van der Waals surface area contributed by atoms with Crippen LogP contribution in [-0.2, 0) is 11.4 Å². The zero-order valence-electron chi connectivity index (χ0n) is 17.4. The zero-order valence-corrected chi connectivity index (χ0v) is 22.4. The van der Waals surface area contributed by atoms with Crippen molar-refractivity contribution in [3.8, 4) is 11.8 Å².